The van der Waals surface area contributed by atoms with Crippen molar-refractivity contribution in [3.05, 3.63) is 60.4 Å². The fourth-order valence-electron chi connectivity index (χ4n) is 2.98. The second kappa shape index (κ2) is 8.78. The van der Waals surface area contributed by atoms with Crippen molar-refractivity contribution in [1.82, 2.24) is 9.88 Å². The van der Waals surface area contributed by atoms with Crippen LogP contribution in [0.5, 0.6) is 0 Å². The first-order chi connectivity index (χ1) is 11.8. The molecule has 1 saturated heterocycles. The number of hydrogen-bond donors (Lipinski definition) is 1. The Hall–Kier alpha value is -1.95. The second-order valence-electron chi connectivity index (χ2n) is 6.15. The predicted molar refractivity (Wildman–Crippen MR) is 95.0 cm³/mol. The van der Waals surface area contributed by atoms with Gasteiger partial charge in [0, 0.05) is 50.8 Å². The van der Waals surface area contributed by atoms with Gasteiger partial charge in [-0.25, -0.2) is 0 Å². The summed E-state index contributed by atoms with van der Waals surface area (Å²) in [4.78, 5) is 8.72. The Balaban J connectivity index is 1.35. The summed E-state index contributed by atoms with van der Waals surface area (Å²) >= 11 is 0. The van der Waals surface area contributed by atoms with Crippen molar-refractivity contribution in [1.29, 1.82) is 0 Å². The minimum Gasteiger partial charge on any atom is -0.389 e. The van der Waals surface area contributed by atoms with Gasteiger partial charge in [0.2, 0.25) is 0 Å². The Morgan fingerprint density at radius 3 is 2.42 bits per heavy atom. The van der Waals surface area contributed by atoms with E-state index in [4.69, 9.17) is 4.74 Å². The van der Waals surface area contributed by atoms with E-state index in [1.54, 1.807) is 0 Å². The molecule has 1 aliphatic rings. The number of pyridine rings is 1. The standard InChI is InChI=1S/C19H25N3O2/c23-19(16-24-15-17-4-2-1-3-5-17)14-21-10-12-22(13-11-21)18-6-8-20-9-7-18/h1-9,19,23H,10-16H2/t19-/m1/s1. The molecule has 2 aromatic rings. The SMILES string of the molecule is O[C@@H](COCc1ccccc1)CN1CCN(c2ccncc2)CC1. The van der Waals surface area contributed by atoms with E-state index in [0.29, 0.717) is 19.8 Å². The number of benzene rings is 1. The van der Waals surface area contributed by atoms with Crippen LogP contribution in [0.2, 0.25) is 0 Å². The number of ether oxygens (including phenoxy) is 1. The molecule has 1 aromatic carbocycles. The van der Waals surface area contributed by atoms with Gasteiger partial charge in [-0.05, 0) is 17.7 Å². The van der Waals surface area contributed by atoms with Gasteiger partial charge >= 0.3 is 0 Å². The molecule has 0 amide bonds. The van der Waals surface area contributed by atoms with Crippen LogP contribution in [0.3, 0.4) is 0 Å². The van der Waals surface area contributed by atoms with Crippen LogP contribution < -0.4 is 4.90 Å². The summed E-state index contributed by atoms with van der Waals surface area (Å²) in [6, 6.07) is 14.1. The lowest BCUT2D eigenvalue weighted by molar-refractivity contribution is 0.00914. The van der Waals surface area contributed by atoms with Crippen LogP contribution in [0.1, 0.15) is 5.56 Å². The maximum absolute atomic E-state index is 10.2. The quantitative estimate of drug-likeness (QED) is 0.840. The Morgan fingerprint density at radius 2 is 1.71 bits per heavy atom. The largest absolute Gasteiger partial charge is 0.389 e. The van der Waals surface area contributed by atoms with Crippen LogP contribution in [-0.4, -0.2) is 60.4 Å². The number of aromatic nitrogens is 1. The molecule has 5 nitrogen and oxygen atoms in total. The topological polar surface area (TPSA) is 48.8 Å². The van der Waals surface area contributed by atoms with Crippen LogP contribution in [-0.2, 0) is 11.3 Å². The maximum Gasteiger partial charge on any atom is 0.0900 e. The molecule has 1 N–H and O–H groups in total. The van der Waals surface area contributed by atoms with Crippen LogP contribution in [0.4, 0.5) is 5.69 Å². The average molecular weight is 327 g/mol. The summed E-state index contributed by atoms with van der Waals surface area (Å²) in [6.45, 7) is 5.45. The van der Waals surface area contributed by atoms with Crippen molar-refractivity contribution in [2.45, 2.75) is 12.7 Å². The van der Waals surface area contributed by atoms with Gasteiger partial charge in [0.1, 0.15) is 0 Å². The van der Waals surface area contributed by atoms with E-state index < -0.39 is 6.10 Å². The molecule has 0 spiro atoms. The van der Waals surface area contributed by atoms with Gasteiger partial charge in [0.15, 0.2) is 0 Å². The lowest BCUT2D eigenvalue weighted by atomic mass is 10.2. The van der Waals surface area contributed by atoms with Gasteiger partial charge in [-0.3, -0.25) is 9.88 Å². The molecule has 1 aromatic heterocycles. The van der Waals surface area contributed by atoms with E-state index in [9.17, 15) is 5.11 Å². The summed E-state index contributed by atoms with van der Waals surface area (Å²) in [7, 11) is 0. The Labute approximate surface area is 143 Å². The van der Waals surface area contributed by atoms with Gasteiger partial charge in [-0.1, -0.05) is 30.3 Å². The van der Waals surface area contributed by atoms with Crippen molar-refractivity contribution in [3.8, 4) is 0 Å². The normalized spacial score (nSPS) is 17.0. The maximum atomic E-state index is 10.2. The van der Waals surface area contributed by atoms with Gasteiger partial charge < -0.3 is 14.7 Å². The van der Waals surface area contributed by atoms with E-state index in [0.717, 1.165) is 31.7 Å². The number of nitrogens with zero attached hydrogens (tertiary/aromatic N) is 3. The van der Waals surface area contributed by atoms with Gasteiger partial charge in [-0.2, -0.15) is 0 Å². The highest BCUT2D eigenvalue weighted by Crippen LogP contribution is 2.14. The molecular weight excluding hydrogens is 302 g/mol. The molecule has 3 rings (SSSR count). The smallest absolute Gasteiger partial charge is 0.0900 e. The molecule has 0 radical (unpaired) electrons. The summed E-state index contributed by atoms with van der Waals surface area (Å²) in [6.07, 6.45) is 3.21. The minimum absolute atomic E-state index is 0.374. The Morgan fingerprint density at radius 1 is 1.00 bits per heavy atom. The van der Waals surface area contributed by atoms with Crippen molar-refractivity contribution < 1.29 is 9.84 Å². The zero-order valence-corrected chi connectivity index (χ0v) is 13.9. The molecule has 0 saturated carbocycles. The number of rotatable bonds is 7. The third-order valence-electron chi connectivity index (χ3n) is 4.29. The van der Waals surface area contributed by atoms with E-state index in [1.165, 1.54) is 5.69 Å². The van der Waals surface area contributed by atoms with Crippen molar-refractivity contribution in [2.75, 3.05) is 44.2 Å². The zero-order valence-electron chi connectivity index (χ0n) is 13.9. The highest BCUT2D eigenvalue weighted by Gasteiger charge is 2.19. The number of piperazine rings is 1. The Bertz CT molecular complexity index is 586. The van der Waals surface area contributed by atoms with Crippen molar-refractivity contribution in [2.24, 2.45) is 0 Å². The van der Waals surface area contributed by atoms with Crippen LogP contribution in [0.25, 0.3) is 0 Å². The summed E-state index contributed by atoms with van der Waals surface area (Å²) in [5.41, 5.74) is 2.35. The highest BCUT2D eigenvalue weighted by molar-refractivity contribution is 5.44. The first kappa shape index (κ1) is 16.9. The van der Waals surface area contributed by atoms with E-state index >= 15 is 0 Å². The summed E-state index contributed by atoms with van der Waals surface area (Å²) in [5, 5.41) is 10.2. The molecule has 1 fully saturated rings. The molecule has 0 bridgehead atoms. The minimum atomic E-state index is -0.443. The lowest BCUT2D eigenvalue weighted by Crippen LogP contribution is -2.49. The third-order valence-corrected chi connectivity index (χ3v) is 4.29. The number of aliphatic hydroxyl groups is 1. The lowest BCUT2D eigenvalue weighted by Gasteiger charge is -2.36. The fourth-order valence-corrected chi connectivity index (χ4v) is 2.98. The number of aliphatic hydroxyl groups excluding tert-OH is 1. The second-order valence-corrected chi connectivity index (χ2v) is 6.15. The molecule has 5 heteroatoms. The molecular formula is C19H25N3O2. The summed E-state index contributed by atoms with van der Waals surface area (Å²) < 4.78 is 5.62. The third kappa shape index (κ3) is 5.03. The molecule has 0 aliphatic carbocycles. The molecule has 1 aliphatic heterocycles. The van der Waals surface area contributed by atoms with Crippen molar-refractivity contribution >= 4 is 5.69 Å². The average Bonchev–Trinajstić information content (AvgIpc) is 2.64. The first-order valence-corrected chi connectivity index (χ1v) is 8.48. The molecule has 0 unspecified atom stereocenters. The number of β-amino-alcohol motifs (C(OH)–C–C–N with tert-alkyl or cyclic N) is 1. The van der Waals surface area contributed by atoms with Crippen LogP contribution >= 0.6 is 0 Å². The Kier molecular flexibility index (Phi) is 6.18. The number of hydrogen-bond acceptors (Lipinski definition) is 5. The molecule has 24 heavy (non-hydrogen) atoms. The molecule has 2 heterocycles. The molecule has 1 atom stereocenters. The van der Waals surface area contributed by atoms with Crippen molar-refractivity contribution in [3.63, 3.8) is 0 Å². The van der Waals surface area contributed by atoms with E-state index in [-0.39, 0.29) is 0 Å². The molecule has 128 valence electrons. The number of anilines is 1. The van der Waals surface area contributed by atoms with E-state index in [1.807, 2.05) is 54.9 Å². The van der Waals surface area contributed by atoms with Crippen LogP contribution in [0, 0.1) is 0 Å². The predicted octanol–water partition coefficient (Wildman–Crippen LogP) is 1.78. The first-order valence-electron chi connectivity index (χ1n) is 8.48. The monoisotopic (exact) mass is 327 g/mol. The summed E-state index contributed by atoms with van der Waals surface area (Å²) in [5.74, 6) is 0. The van der Waals surface area contributed by atoms with Gasteiger partial charge in [0.25, 0.3) is 0 Å². The van der Waals surface area contributed by atoms with Crippen LogP contribution in [0.15, 0.2) is 54.9 Å². The van der Waals surface area contributed by atoms with E-state index in [2.05, 4.69) is 14.8 Å². The van der Waals surface area contributed by atoms with Gasteiger partial charge in [0.05, 0.1) is 19.3 Å². The fraction of sp³-hybridized carbons (Fsp3) is 0.421. The highest BCUT2D eigenvalue weighted by atomic mass is 16.5. The van der Waals surface area contributed by atoms with Gasteiger partial charge in [-0.15, -0.1) is 0 Å². The zero-order chi connectivity index (χ0) is 16.6.